The zero-order valence-electron chi connectivity index (χ0n) is 16.7. The summed E-state index contributed by atoms with van der Waals surface area (Å²) in [6.45, 7) is 6.28. The lowest BCUT2D eigenvalue weighted by atomic mass is 9.87. The summed E-state index contributed by atoms with van der Waals surface area (Å²) in [5, 5.41) is 1.06. The van der Waals surface area contributed by atoms with Gasteiger partial charge in [0.25, 0.3) is 11.8 Å². The van der Waals surface area contributed by atoms with Gasteiger partial charge in [0.05, 0.1) is 4.47 Å². The van der Waals surface area contributed by atoms with Crippen LogP contribution in [0.4, 0.5) is 0 Å². The van der Waals surface area contributed by atoms with E-state index in [9.17, 15) is 9.59 Å². The molecule has 0 saturated heterocycles. The van der Waals surface area contributed by atoms with Crippen LogP contribution in [0.1, 0.15) is 26.3 Å². The predicted molar refractivity (Wildman–Crippen MR) is 117 cm³/mol. The molecule has 7 heteroatoms. The molecule has 6 nitrogen and oxygen atoms in total. The highest BCUT2D eigenvalue weighted by Crippen LogP contribution is 2.31. The van der Waals surface area contributed by atoms with Crippen molar-refractivity contribution in [2.24, 2.45) is 0 Å². The van der Waals surface area contributed by atoms with Crippen molar-refractivity contribution < 1.29 is 14.3 Å². The van der Waals surface area contributed by atoms with Crippen LogP contribution in [0, 0.1) is 0 Å². The van der Waals surface area contributed by atoms with E-state index >= 15 is 0 Å². The zero-order valence-corrected chi connectivity index (χ0v) is 18.2. The number of amides is 2. The number of fused-ring (bicyclic) bond motifs is 1. The number of benzene rings is 2. The molecule has 0 aliphatic rings. The number of carbonyl (C=O) groups excluding carboxylic acids is 2. The second kappa shape index (κ2) is 8.69. The van der Waals surface area contributed by atoms with E-state index in [-0.39, 0.29) is 24.5 Å². The Bertz CT molecular complexity index is 1040. The maximum atomic E-state index is 12.1. The van der Waals surface area contributed by atoms with Gasteiger partial charge in [-0.1, -0.05) is 45.0 Å². The number of carbonyl (C=O) groups is 2. The van der Waals surface area contributed by atoms with E-state index in [1.54, 1.807) is 0 Å². The van der Waals surface area contributed by atoms with Crippen LogP contribution in [-0.4, -0.2) is 23.0 Å². The maximum Gasteiger partial charge on any atom is 0.276 e. The standard InChI is InChI=1S/C22H24BrN3O3/c1-22(2,3)16-8-9-19(17(23)12-16)29-14-21(28)25-24-20(27)13-26-11-10-15-6-4-5-7-18(15)26/h4-12H,13-14H2,1-3H3,(H,24,27)(H,25,28). The minimum atomic E-state index is -0.442. The molecule has 1 aromatic heterocycles. The van der Waals surface area contributed by atoms with E-state index in [4.69, 9.17) is 4.74 Å². The fraction of sp³-hybridized carbons (Fsp3) is 0.273. The van der Waals surface area contributed by atoms with Gasteiger partial charge in [-0.15, -0.1) is 0 Å². The molecule has 0 unspecified atom stereocenters. The summed E-state index contributed by atoms with van der Waals surface area (Å²) in [5.41, 5.74) is 6.93. The fourth-order valence-electron chi connectivity index (χ4n) is 2.88. The topological polar surface area (TPSA) is 72.4 Å². The molecule has 0 atom stereocenters. The summed E-state index contributed by atoms with van der Waals surface area (Å²) in [5.74, 6) is -0.198. The molecule has 2 N–H and O–H groups in total. The van der Waals surface area contributed by atoms with Gasteiger partial charge in [-0.05, 0) is 56.6 Å². The quantitative estimate of drug-likeness (QED) is 0.570. The molecule has 0 bridgehead atoms. The first kappa shape index (κ1) is 20.9. The Morgan fingerprint density at radius 1 is 1.03 bits per heavy atom. The highest BCUT2D eigenvalue weighted by atomic mass is 79.9. The van der Waals surface area contributed by atoms with Crippen LogP contribution in [0.25, 0.3) is 10.9 Å². The van der Waals surface area contributed by atoms with Crippen molar-refractivity contribution in [1.82, 2.24) is 15.4 Å². The molecule has 3 rings (SSSR count). The Morgan fingerprint density at radius 3 is 2.48 bits per heavy atom. The largest absolute Gasteiger partial charge is 0.483 e. The number of halogens is 1. The van der Waals surface area contributed by atoms with E-state index in [0.29, 0.717) is 5.75 Å². The van der Waals surface area contributed by atoms with Gasteiger partial charge in [0.1, 0.15) is 12.3 Å². The smallest absolute Gasteiger partial charge is 0.276 e. The minimum Gasteiger partial charge on any atom is -0.483 e. The SMILES string of the molecule is CC(C)(C)c1ccc(OCC(=O)NNC(=O)Cn2ccc3ccccc32)c(Br)c1. The van der Waals surface area contributed by atoms with Crippen molar-refractivity contribution >= 4 is 38.6 Å². The van der Waals surface area contributed by atoms with Gasteiger partial charge in [-0.25, -0.2) is 0 Å². The molecular formula is C22H24BrN3O3. The monoisotopic (exact) mass is 457 g/mol. The number of nitrogens with zero attached hydrogens (tertiary/aromatic N) is 1. The molecule has 0 fully saturated rings. The molecular weight excluding hydrogens is 434 g/mol. The third-order valence-electron chi connectivity index (χ3n) is 4.49. The summed E-state index contributed by atoms with van der Waals surface area (Å²) < 4.78 is 8.15. The summed E-state index contributed by atoms with van der Waals surface area (Å²) in [7, 11) is 0. The van der Waals surface area contributed by atoms with Crippen LogP contribution in [0.3, 0.4) is 0 Å². The molecule has 2 amide bonds. The summed E-state index contributed by atoms with van der Waals surface area (Å²) in [6.07, 6.45) is 1.84. The second-order valence-electron chi connectivity index (χ2n) is 7.78. The lowest BCUT2D eigenvalue weighted by Crippen LogP contribution is -2.45. The Balaban J connectivity index is 1.48. The van der Waals surface area contributed by atoms with Gasteiger partial charge < -0.3 is 9.30 Å². The molecule has 0 radical (unpaired) electrons. The zero-order chi connectivity index (χ0) is 21.0. The molecule has 0 spiro atoms. The molecule has 2 aromatic carbocycles. The number of para-hydroxylation sites is 1. The molecule has 152 valence electrons. The Morgan fingerprint density at radius 2 is 1.76 bits per heavy atom. The van der Waals surface area contributed by atoms with Crippen LogP contribution in [0.2, 0.25) is 0 Å². The van der Waals surface area contributed by atoms with Gasteiger partial charge in [-0.2, -0.15) is 0 Å². The lowest BCUT2D eigenvalue weighted by molar-refractivity contribution is -0.130. The number of hydrogen-bond donors (Lipinski definition) is 2. The molecule has 0 saturated carbocycles. The minimum absolute atomic E-state index is 0.0216. The van der Waals surface area contributed by atoms with E-state index < -0.39 is 5.91 Å². The van der Waals surface area contributed by atoms with Crippen LogP contribution < -0.4 is 15.6 Å². The Hall–Kier alpha value is -2.80. The third kappa shape index (κ3) is 5.38. The van der Waals surface area contributed by atoms with Gasteiger partial charge in [0.15, 0.2) is 6.61 Å². The normalized spacial score (nSPS) is 11.3. The number of ether oxygens (including phenoxy) is 1. The third-order valence-corrected chi connectivity index (χ3v) is 5.11. The molecule has 0 aliphatic carbocycles. The number of hydrogen-bond acceptors (Lipinski definition) is 3. The summed E-state index contributed by atoms with van der Waals surface area (Å²) >= 11 is 3.48. The number of rotatable bonds is 5. The van der Waals surface area contributed by atoms with Gasteiger partial charge in [0.2, 0.25) is 0 Å². The van der Waals surface area contributed by atoms with E-state index in [1.807, 2.05) is 59.3 Å². The van der Waals surface area contributed by atoms with Gasteiger partial charge >= 0.3 is 0 Å². The van der Waals surface area contributed by atoms with Crippen molar-refractivity contribution in [3.05, 3.63) is 64.8 Å². The van der Waals surface area contributed by atoms with Crippen molar-refractivity contribution in [3.8, 4) is 5.75 Å². The number of nitrogens with one attached hydrogen (secondary N) is 2. The predicted octanol–water partition coefficient (Wildman–Crippen LogP) is 3.93. The van der Waals surface area contributed by atoms with Crippen molar-refractivity contribution in [3.63, 3.8) is 0 Å². The number of aromatic nitrogens is 1. The first-order valence-electron chi connectivity index (χ1n) is 9.28. The molecule has 0 aliphatic heterocycles. The molecule has 29 heavy (non-hydrogen) atoms. The summed E-state index contributed by atoms with van der Waals surface area (Å²) in [4.78, 5) is 24.1. The molecule has 1 heterocycles. The van der Waals surface area contributed by atoms with Gasteiger partial charge in [0, 0.05) is 11.7 Å². The second-order valence-corrected chi connectivity index (χ2v) is 8.64. The molecule has 3 aromatic rings. The van der Waals surface area contributed by atoms with E-state index in [2.05, 4.69) is 47.6 Å². The van der Waals surface area contributed by atoms with E-state index in [0.717, 1.165) is 20.9 Å². The first-order valence-corrected chi connectivity index (χ1v) is 10.1. The van der Waals surface area contributed by atoms with E-state index in [1.165, 1.54) is 0 Å². The van der Waals surface area contributed by atoms with Crippen molar-refractivity contribution in [2.45, 2.75) is 32.7 Å². The fourth-order valence-corrected chi connectivity index (χ4v) is 3.37. The van der Waals surface area contributed by atoms with Crippen molar-refractivity contribution in [2.75, 3.05) is 6.61 Å². The highest BCUT2D eigenvalue weighted by Gasteiger charge is 2.16. The maximum absolute atomic E-state index is 12.1. The van der Waals surface area contributed by atoms with Gasteiger partial charge in [-0.3, -0.25) is 20.4 Å². The first-order chi connectivity index (χ1) is 13.7. The average Bonchev–Trinajstić information content (AvgIpc) is 3.07. The average molecular weight is 458 g/mol. The summed E-state index contributed by atoms with van der Waals surface area (Å²) in [6, 6.07) is 15.5. The number of hydrazine groups is 1. The Kier molecular flexibility index (Phi) is 6.27. The van der Waals surface area contributed by atoms with Crippen LogP contribution >= 0.6 is 15.9 Å². The lowest BCUT2D eigenvalue weighted by Gasteiger charge is -2.20. The van der Waals surface area contributed by atoms with Crippen LogP contribution in [0.15, 0.2) is 59.2 Å². The van der Waals surface area contributed by atoms with Crippen molar-refractivity contribution in [1.29, 1.82) is 0 Å². The van der Waals surface area contributed by atoms with Crippen LogP contribution in [0.5, 0.6) is 5.75 Å². The van der Waals surface area contributed by atoms with Crippen LogP contribution in [-0.2, 0) is 21.5 Å². The Labute approximate surface area is 178 Å². The highest BCUT2D eigenvalue weighted by molar-refractivity contribution is 9.10.